The second-order valence-corrected chi connectivity index (χ2v) is 4.77. The molecule has 0 aliphatic heterocycles. The van der Waals surface area contributed by atoms with E-state index in [2.05, 4.69) is 24.4 Å². The minimum Gasteiger partial charge on any atom is -0.389 e. The third-order valence-corrected chi connectivity index (χ3v) is 2.82. The van der Waals surface area contributed by atoms with E-state index >= 15 is 0 Å². The van der Waals surface area contributed by atoms with Gasteiger partial charge in [-0.15, -0.1) is 0 Å². The van der Waals surface area contributed by atoms with Gasteiger partial charge < -0.3 is 15.2 Å². The van der Waals surface area contributed by atoms with Crippen molar-refractivity contribution in [2.24, 2.45) is 0 Å². The minimum atomic E-state index is -0.722. The lowest BCUT2D eigenvalue weighted by molar-refractivity contribution is 0.0580. The van der Waals surface area contributed by atoms with Gasteiger partial charge in [-0.05, 0) is 25.0 Å². The van der Waals surface area contributed by atoms with Crippen molar-refractivity contribution in [2.75, 3.05) is 26.8 Å². The Morgan fingerprint density at radius 3 is 2.71 bits per heavy atom. The molecule has 1 aromatic carbocycles. The SMILES string of the molecule is COCCNCC(C)(O)Cc1ccccc1C. The second kappa shape index (κ2) is 6.74. The molecule has 0 aliphatic carbocycles. The van der Waals surface area contributed by atoms with Crippen LogP contribution in [0.2, 0.25) is 0 Å². The van der Waals surface area contributed by atoms with Crippen molar-refractivity contribution < 1.29 is 9.84 Å². The van der Waals surface area contributed by atoms with Gasteiger partial charge >= 0.3 is 0 Å². The van der Waals surface area contributed by atoms with E-state index in [0.29, 0.717) is 19.6 Å². The zero-order chi connectivity index (χ0) is 12.7. The maximum atomic E-state index is 10.3. The summed E-state index contributed by atoms with van der Waals surface area (Å²) in [6, 6.07) is 8.17. The number of aryl methyl sites for hydroxylation is 1. The molecule has 1 unspecified atom stereocenters. The van der Waals surface area contributed by atoms with Crippen LogP contribution in [-0.2, 0) is 11.2 Å². The first kappa shape index (κ1) is 14.2. The molecule has 0 amide bonds. The van der Waals surface area contributed by atoms with Gasteiger partial charge in [0.2, 0.25) is 0 Å². The molecule has 3 heteroatoms. The van der Waals surface area contributed by atoms with Gasteiger partial charge in [0, 0.05) is 26.6 Å². The van der Waals surface area contributed by atoms with Crippen molar-refractivity contribution in [3.63, 3.8) is 0 Å². The number of ether oxygens (including phenoxy) is 1. The predicted octanol–water partition coefficient (Wildman–Crippen LogP) is 1.52. The zero-order valence-electron chi connectivity index (χ0n) is 11.0. The van der Waals surface area contributed by atoms with Gasteiger partial charge in [0.15, 0.2) is 0 Å². The third-order valence-electron chi connectivity index (χ3n) is 2.82. The van der Waals surface area contributed by atoms with E-state index in [0.717, 1.165) is 6.54 Å². The molecule has 1 aromatic rings. The lowest BCUT2D eigenvalue weighted by Gasteiger charge is -2.24. The molecule has 96 valence electrons. The molecule has 0 radical (unpaired) electrons. The number of hydrogen-bond acceptors (Lipinski definition) is 3. The van der Waals surface area contributed by atoms with Crippen LogP contribution >= 0.6 is 0 Å². The van der Waals surface area contributed by atoms with Crippen LogP contribution < -0.4 is 5.32 Å². The molecule has 0 saturated heterocycles. The van der Waals surface area contributed by atoms with Crippen molar-refractivity contribution in [3.8, 4) is 0 Å². The van der Waals surface area contributed by atoms with Crippen molar-refractivity contribution in [1.82, 2.24) is 5.32 Å². The van der Waals surface area contributed by atoms with Gasteiger partial charge in [-0.1, -0.05) is 24.3 Å². The Labute approximate surface area is 104 Å². The van der Waals surface area contributed by atoms with Gasteiger partial charge in [0.05, 0.1) is 12.2 Å². The summed E-state index contributed by atoms with van der Waals surface area (Å²) in [5.41, 5.74) is 1.70. The van der Waals surface area contributed by atoms with E-state index < -0.39 is 5.60 Å². The summed E-state index contributed by atoms with van der Waals surface area (Å²) in [6.45, 7) is 5.94. The van der Waals surface area contributed by atoms with Crippen LogP contribution in [0.1, 0.15) is 18.1 Å². The largest absolute Gasteiger partial charge is 0.389 e. The Bertz CT molecular complexity index is 337. The minimum absolute atomic E-state index is 0.574. The molecule has 1 rings (SSSR count). The maximum Gasteiger partial charge on any atom is 0.0783 e. The fourth-order valence-corrected chi connectivity index (χ4v) is 1.81. The Morgan fingerprint density at radius 1 is 1.35 bits per heavy atom. The highest BCUT2D eigenvalue weighted by atomic mass is 16.5. The molecule has 3 nitrogen and oxygen atoms in total. The lowest BCUT2D eigenvalue weighted by Crippen LogP contribution is -2.40. The molecule has 17 heavy (non-hydrogen) atoms. The number of methoxy groups -OCH3 is 1. The van der Waals surface area contributed by atoms with E-state index in [4.69, 9.17) is 4.74 Å². The first-order valence-electron chi connectivity index (χ1n) is 6.02. The predicted molar refractivity (Wildman–Crippen MR) is 70.3 cm³/mol. The van der Waals surface area contributed by atoms with Gasteiger partial charge in [0.25, 0.3) is 0 Å². The van der Waals surface area contributed by atoms with Crippen molar-refractivity contribution in [2.45, 2.75) is 25.9 Å². The van der Waals surface area contributed by atoms with Gasteiger partial charge in [-0.25, -0.2) is 0 Å². The van der Waals surface area contributed by atoms with Crippen LogP contribution in [0.5, 0.6) is 0 Å². The fourth-order valence-electron chi connectivity index (χ4n) is 1.81. The van der Waals surface area contributed by atoms with Crippen LogP contribution in [0.25, 0.3) is 0 Å². The van der Waals surface area contributed by atoms with E-state index in [-0.39, 0.29) is 0 Å². The smallest absolute Gasteiger partial charge is 0.0783 e. The summed E-state index contributed by atoms with van der Waals surface area (Å²) in [5, 5.41) is 13.5. The summed E-state index contributed by atoms with van der Waals surface area (Å²) in [4.78, 5) is 0. The molecular formula is C14H23NO2. The van der Waals surface area contributed by atoms with Crippen molar-refractivity contribution in [1.29, 1.82) is 0 Å². The maximum absolute atomic E-state index is 10.3. The number of benzene rings is 1. The Hall–Kier alpha value is -0.900. The Morgan fingerprint density at radius 2 is 2.06 bits per heavy atom. The number of nitrogens with one attached hydrogen (secondary N) is 1. The second-order valence-electron chi connectivity index (χ2n) is 4.77. The quantitative estimate of drug-likeness (QED) is 0.707. The Kier molecular flexibility index (Phi) is 5.62. The van der Waals surface area contributed by atoms with Crippen LogP contribution in [0.4, 0.5) is 0 Å². The molecular weight excluding hydrogens is 214 g/mol. The Balaban J connectivity index is 2.46. The third kappa shape index (κ3) is 5.31. The summed E-state index contributed by atoms with van der Waals surface area (Å²) < 4.78 is 4.95. The van der Waals surface area contributed by atoms with Crippen LogP contribution in [-0.4, -0.2) is 37.5 Å². The van der Waals surface area contributed by atoms with Crippen LogP contribution in [0.15, 0.2) is 24.3 Å². The topological polar surface area (TPSA) is 41.5 Å². The van der Waals surface area contributed by atoms with Gasteiger partial charge in [-0.3, -0.25) is 0 Å². The molecule has 0 heterocycles. The highest BCUT2D eigenvalue weighted by molar-refractivity contribution is 5.26. The monoisotopic (exact) mass is 237 g/mol. The molecule has 0 aromatic heterocycles. The zero-order valence-corrected chi connectivity index (χ0v) is 11.0. The standard InChI is InChI=1S/C14H23NO2/c1-12-6-4-5-7-13(12)10-14(2,16)11-15-8-9-17-3/h4-7,15-16H,8-11H2,1-3H3. The van der Waals surface area contributed by atoms with Crippen LogP contribution in [0.3, 0.4) is 0 Å². The molecule has 2 N–H and O–H groups in total. The average Bonchev–Trinajstić information content (AvgIpc) is 2.28. The van der Waals surface area contributed by atoms with Gasteiger partial charge in [0.1, 0.15) is 0 Å². The van der Waals surface area contributed by atoms with E-state index in [9.17, 15) is 5.11 Å². The van der Waals surface area contributed by atoms with Crippen molar-refractivity contribution in [3.05, 3.63) is 35.4 Å². The van der Waals surface area contributed by atoms with E-state index in [1.807, 2.05) is 19.1 Å². The summed E-state index contributed by atoms with van der Waals surface area (Å²) >= 11 is 0. The first-order chi connectivity index (χ1) is 8.05. The molecule has 0 aliphatic rings. The highest BCUT2D eigenvalue weighted by Gasteiger charge is 2.20. The van der Waals surface area contributed by atoms with Crippen LogP contribution in [0, 0.1) is 6.92 Å². The summed E-state index contributed by atoms with van der Waals surface area (Å²) in [6.07, 6.45) is 0.666. The van der Waals surface area contributed by atoms with Crippen molar-refractivity contribution >= 4 is 0 Å². The lowest BCUT2D eigenvalue weighted by atomic mass is 9.94. The molecule has 1 atom stereocenters. The molecule has 0 spiro atoms. The normalized spacial score (nSPS) is 14.6. The number of rotatable bonds is 7. The van der Waals surface area contributed by atoms with Gasteiger partial charge in [-0.2, -0.15) is 0 Å². The number of hydrogen-bond donors (Lipinski definition) is 2. The molecule has 0 saturated carbocycles. The first-order valence-corrected chi connectivity index (χ1v) is 6.02. The fraction of sp³-hybridized carbons (Fsp3) is 0.571. The highest BCUT2D eigenvalue weighted by Crippen LogP contribution is 2.15. The average molecular weight is 237 g/mol. The summed E-state index contributed by atoms with van der Waals surface area (Å²) in [5.74, 6) is 0. The van der Waals surface area contributed by atoms with E-state index in [1.165, 1.54) is 11.1 Å². The molecule has 0 fully saturated rings. The molecule has 0 bridgehead atoms. The van der Waals surface area contributed by atoms with E-state index in [1.54, 1.807) is 7.11 Å². The number of aliphatic hydroxyl groups is 1. The summed E-state index contributed by atoms with van der Waals surface area (Å²) in [7, 11) is 1.67.